The minimum Gasteiger partial charge on any atom is -0.504 e. The normalized spacial score (nSPS) is 25.7. The van der Waals surface area contributed by atoms with Gasteiger partial charge in [-0.3, -0.25) is 9.59 Å². The molecule has 1 fully saturated rings. The van der Waals surface area contributed by atoms with Gasteiger partial charge in [0.15, 0.2) is 23.1 Å². The molecule has 0 bridgehead atoms. The van der Waals surface area contributed by atoms with Crippen molar-refractivity contribution in [1.82, 2.24) is 13.9 Å². The molecule has 3 aliphatic rings. The summed E-state index contributed by atoms with van der Waals surface area (Å²) in [7, 11) is 0. The number of phenolic OH excluding ortho intramolecular Hbond substituents is 1. The molecule has 0 saturated heterocycles. The first-order valence-corrected chi connectivity index (χ1v) is 13.5. The number of aromatic hydroxyl groups is 1. The molecule has 1 aromatic heterocycles. The smallest absolute Gasteiger partial charge is 0.352 e. The Morgan fingerprint density at radius 1 is 1.00 bits per heavy atom. The highest BCUT2D eigenvalue weighted by Gasteiger charge is 2.60. The Hall–Kier alpha value is -4.40. The number of ether oxygens (including phenoxy) is 1. The lowest BCUT2D eigenvalue weighted by molar-refractivity contribution is -0.140. The van der Waals surface area contributed by atoms with Crippen LogP contribution in [0.1, 0.15) is 51.6 Å². The molecule has 4 atom stereocenters. The molecule has 0 radical (unpaired) electrons. The topological polar surface area (TPSA) is 113 Å². The van der Waals surface area contributed by atoms with Crippen molar-refractivity contribution >= 4 is 11.6 Å². The SMILES string of the molecule is CCOc1cc([C@H]2C3=CCn4c(=O)n(-c5ccccc5)c(=O)n4[C@@H]3C[C@H]3C(=O)C(C)=C(C)C(=O)[C@@]23C)ccc1O. The van der Waals surface area contributed by atoms with Crippen molar-refractivity contribution in [3.8, 4) is 17.2 Å². The van der Waals surface area contributed by atoms with E-state index in [0.29, 0.717) is 29.0 Å². The summed E-state index contributed by atoms with van der Waals surface area (Å²) < 4.78 is 9.69. The van der Waals surface area contributed by atoms with Crippen LogP contribution >= 0.6 is 0 Å². The number of Topliss-reactive ketones (excluding diaryl/α,β-unsaturated/α-hetero) is 2. The number of ketones is 2. The van der Waals surface area contributed by atoms with Gasteiger partial charge in [0.25, 0.3) is 0 Å². The molecule has 0 amide bonds. The third-order valence-corrected chi connectivity index (χ3v) is 9.07. The number of aromatic nitrogens is 3. The summed E-state index contributed by atoms with van der Waals surface area (Å²) in [6.45, 7) is 7.50. The first kappa shape index (κ1) is 25.9. The van der Waals surface area contributed by atoms with E-state index >= 15 is 0 Å². The van der Waals surface area contributed by atoms with Crippen molar-refractivity contribution in [3.63, 3.8) is 0 Å². The first-order valence-electron chi connectivity index (χ1n) is 13.5. The monoisotopic (exact) mass is 541 g/mol. The van der Waals surface area contributed by atoms with Crippen LogP contribution in [0.4, 0.5) is 0 Å². The van der Waals surface area contributed by atoms with Crippen LogP contribution < -0.4 is 16.1 Å². The molecule has 1 aliphatic heterocycles. The maximum atomic E-state index is 14.1. The Kier molecular flexibility index (Phi) is 5.87. The number of fused-ring (bicyclic) bond motifs is 4. The summed E-state index contributed by atoms with van der Waals surface area (Å²) in [5.74, 6) is -1.29. The Morgan fingerprint density at radius 3 is 2.42 bits per heavy atom. The predicted octanol–water partition coefficient (Wildman–Crippen LogP) is 3.68. The second-order valence-corrected chi connectivity index (χ2v) is 11.0. The maximum absolute atomic E-state index is 14.1. The number of carbonyl (C=O) groups excluding carboxylic acids is 2. The molecular formula is C31H31N3O6. The number of phenols is 1. The van der Waals surface area contributed by atoms with Crippen LogP contribution in [0.3, 0.4) is 0 Å². The predicted molar refractivity (Wildman–Crippen MR) is 148 cm³/mol. The van der Waals surface area contributed by atoms with Gasteiger partial charge in [-0.15, -0.1) is 0 Å². The van der Waals surface area contributed by atoms with Crippen molar-refractivity contribution in [2.75, 3.05) is 6.61 Å². The Bertz CT molecular complexity index is 1760. The summed E-state index contributed by atoms with van der Waals surface area (Å²) in [5, 5.41) is 10.4. The van der Waals surface area contributed by atoms with Gasteiger partial charge in [0, 0.05) is 11.8 Å². The molecule has 206 valence electrons. The average molecular weight is 542 g/mol. The summed E-state index contributed by atoms with van der Waals surface area (Å²) in [5.41, 5.74) is 0.752. The Labute approximate surface area is 230 Å². The zero-order valence-corrected chi connectivity index (χ0v) is 22.9. The molecular weight excluding hydrogens is 510 g/mol. The second-order valence-electron chi connectivity index (χ2n) is 11.0. The van der Waals surface area contributed by atoms with Crippen molar-refractivity contribution < 1.29 is 19.4 Å². The molecule has 1 saturated carbocycles. The minimum absolute atomic E-state index is 0.0275. The summed E-state index contributed by atoms with van der Waals surface area (Å²) in [6.07, 6.45) is 2.13. The lowest BCUT2D eigenvalue weighted by atomic mass is 9.50. The van der Waals surface area contributed by atoms with E-state index < -0.39 is 34.7 Å². The zero-order chi connectivity index (χ0) is 28.5. The molecule has 3 aromatic rings. The van der Waals surface area contributed by atoms with Gasteiger partial charge in [0.1, 0.15) is 0 Å². The van der Waals surface area contributed by atoms with E-state index in [0.717, 1.165) is 10.1 Å². The third-order valence-electron chi connectivity index (χ3n) is 9.07. The molecule has 9 nitrogen and oxygen atoms in total. The fourth-order valence-corrected chi connectivity index (χ4v) is 7.00. The van der Waals surface area contributed by atoms with Crippen molar-refractivity contribution in [3.05, 3.63) is 97.9 Å². The van der Waals surface area contributed by atoms with Crippen LogP contribution in [0.5, 0.6) is 11.5 Å². The van der Waals surface area contributed by atoms with Crippen LogP contribution in [0, 0.1) is 11.3 Å². The average Bonchev–Trinajstić information content (AvgIpc) is 3.21. The van der Waals surface area contributed by atoms with E-state index in [1.165, 1.54) is 15.4 Å². The molecule has 40 heavy (non-hydrogen) atoms. The summed E-state index contributed by atoms with van der Waals surface area (Å²) in [6, 6.07) is 13.1. The highest BCUT2D eigenvalue weighted by atomic mass is 16.5. The van der Waals surface area contributed by atoms with Gasteiger partial charge in [-0.1, -0.05) is 37.3 Å². The highest BCUT2D eigenvalue weighted by Crippen LogP contribution is 2.60. The van der Waals surface area contributed by atoms with Crippen molar-refractivity contribution in [2.45, 2.75) is 52.6 Å². The number of para-hydroxylation sites is 1. The van der Waals surface area contributed by atoms with Gasteiger partial charge in [-0.25, -0.2) is 23.5 Å². The molecule has 1 N–H and O–H groups in total. The van der Waals surface area contributed by atoms with Crippen LogP contribution in [0.15, 0.2) is 80.9 Å². The molecule has 6 rings (SSSR count). The highest BCUT2D eigenvalue weighted by molar-refractivity contribution is 6.15. The number of carbonyl (C=O) groups is 2. The molecule has 0 spiro atoms. The minimum atomic E-state index is -1.13. The van der Waals surface area contributed by atoms with Crippen molar-refractivity contribution in [1.29, 1.82) is 0 Å². The van der Waals surface area contributed by atoms with Gasteiger partial charge >= 0.3 is 11.4 Å². The summed E-state index contributed by atoms with van der Waals surface area (Å²) >= 11 is 0. The number of hydrogen-bond acceptors (Lipinski definition) is 6. The van der Waals surface area contributed by atoms with Gasteiger partial charge in [0.2, 0.25) is 0 Å². The van der Waals surface area contributed by atoms with E-state index in [-0.39, 0.29) is 36.0 Å². The van der Waals surface area contributed by atoms with Gasteiger partial charge in [0.05, 0.1) is 30.3 Å². The van der Waals surface area contributed by atoms with Gasteiger partial charge < -0.3 is 9.84 Å². The third kappa shape index (κ3) is 3.39. The van der Waals surface area contributed by atoms with E-state index in [9.17, 15) is 24.3 Å². The molecule has 2 heterocycles. The Balaban J connectivity index is 1.60. The lowest BCUT2D eigenvalue weighted by Gasteiger charge is -2.53. The molecule has 2 aliphatic carbocycles. The number of benzene rings is 2. The fraction of sp³-hybridized carbons (Fsp3) is 0.355. The number of allylic oxidation sites excluding steroid dienone is 4. The number of hydrogen-bond donors (Lipinski definition) is 1. The molecule has 9 heteroatoms. The van der Waals surface area contributed by atoms with Crippen LogP contribution in [0.2, 0.25) is 0 Å². The fourth-order valence-electron chi connectivity index (χ4n) is 7.00. The van der Waals surface area contributed by atoms with Crippen molar-refractivity contribution in [2.24, 2.45) is 11.3 Å². The first-order chi connectivity index (χ1) is 19.1. The van der Waals surface area contributed by atoms with E-state index in [1.54, 1.807) is 50.2 Å². The standard InChI is InChI=1S/C31H31N3O6/c1-5-40-25-15-19(11-12-24(25)35)26-21-13-14-32-29(38)33(20-9-7-6-8-10-20)30(39)34(32)23(21)16-22-27(36)17(2)18(3)28(37)31(22,26)4/h6-13,15,22-23,26,35H,5,14,16H2,1-4H3/t22-,23+,26-,31+/m0/s1. The molecule has 2 aromatic carbocycles. The quantitative estimate of drug-likeness (QED) is 0.505. The Morgan fingerprint density at radius 2 is 1.73 bits per heavy atom. The zero-order valence-electron chi connectivity index (χ0n) is 22.9. The summed E-state index contributed by atoms with van der Waals surface area (Å²) in [4.78, 5) is 55.3. The molecule has 0 unspecified atom stereocenters. The van der Waals surface area contributed by atoms with Crippen LogP contribution in [0.25, 0.3) is 5.69 Å². The van der Waals surface area contributed by atoms with E-state index in [4.69, 9.17) is 4.74 Å². The van der Waals surface area contributed by atoms with Gasteiger partial charge in [-0.2, -0.15) is 0 Å². The number of rotatable bonds is 4. The second kappa shape index (κ2) is 9.08. The van der Waals surface area contributed by atoms with Crippen LogP contribution in [-0.2, 0) is 16.1 Å². The lowest BCUT2D eigenvalue weighted by Crippen LogP contribution is -2.55. The van der Waals surface area contributed by atoms with Gasteiger partial charge in [-0.05, 0) is 73.7 Å². The van der Waals surface area contributed by atoms with E-state index in [1.807, 2.05) is 26.0 Å². The number of nitrogens with zero attached hydrogens (tertiary/aromatic N) is 3. The van der Waals surface area contributed by atoms with Crippen LogP contribution in [-0.4, -0.2) is 37.2 Å². The largest absolute Gasteiger partial charge is 0.504 e. The maximum Gasteiger partial charge on any atom is 0.352 e. The van der Waals surface area contributed by atoms with E-state index in [2.05, 4.69) is 0 Å².